The Labute approximate surface area is 204 Å². The summed E-state index contributed by atoms with van der Waals surface area (Å²) in [6, 6.07) is 20.1. The summed E-state index contributed by atoms with van der Waals surface area (Å²) in [5.74, 6) is 1.47. The number of H-pyrrole nitrogens is 1. The summed E-state index contributed by atoms with van der Waals surface area (Å²) < 4.78 is 28.6. The van der Waals surface area contributed by atoms with Crippen molar-refractivity contribution in [1.82, 2.24) is 14.9 Å². The molecule has 1 aromatic heterocycles. The van der Waals surface area contributed by atoms with Crippen LogP contribution < -0.4 is 14.9 Å². The van der Waals surface area contributed by atoms with Crippen LogP contribution in [0.1, 0.15) is 18.1 Å². The molecule has 0 aliphatic heterocycles. The summed E-state index contributed by atoms with van der Waals surface area (Å²) in [6.07, 6.45) is 0. The fraction of sp³-hybridized carbons (Fsp3) is 0.167. The Morgan fingerprint density at radius 1 is 1.09 bits per heavy atom. The Hall–Kier alpha value is -3.17. The molecule has 4 aromatic rings. The summed E-state index contributed by atoms with van der Waals surface area (Å²) >= 11 is 8.96. The SMILES string of the molecule is CCOc1cc(CNn2c(-c3ccccc3)n[nH]c2=S)cc(Br)c1OCc1ccccc1F. The average molecular weight is 529 g/mol. The molecule has 0 radical (unpaired) electrons. The molecule has 0 bridgehead atoms. The van der Waals surface area contributed by atoms with E-state index >= 15 is 0 Å². The van der Waals surface area contributed by atoms with Gasteiger partial charge in [0.1, 0.15) is 12.4 Å². The molecule has 2 N–H and O–H groups in total. The molecule has 0 saturated carbocycles. The average Bonchev–Trinajstić information content (AvgIpc) is 3.19. The summed E-state index contributed by atoms with van der Waals surface area (Å²) in [5.41, 5.74) is 5.65. The molecule has 4 rings (SSSR count). The first kappa shape index (κ1) is 23.0. The van der Waals surface area contributed by atoms with E-state index in [4.69, 9.17) is 21.7 Å². The fourth-order valence-corrected chi connectivity index (χ4v) is 4.09. The zero-order valence-electron chi connectivity index (χ0n) is 17.8. The minimum absolute atomic E-state index is 0.0908. The van der Waals surface area contributed by atoms with Gasteiger partial charge in [0, 0.05) is 11.1 Å². The molecule has 6 nitrogen and oxygen atoms in total. The van der Waals surface area contributed by atoms with Gasteiger partial charge in [-0.25, -0.2) is 14.2 Å². The van der Waals surface area contributed by atoms with Crippen LogP contribution in [0.4, 0.5) is 4.39 Å². The lowest BCUT2D eigenvalue weighted by Gasteiger charge is -2.17. The fourth-order valence-electron chi connectivity index (χ4n) is 3.29. The normalized spacial score (nSPS) is 10.8. The zero-order valence-corrected chi connectivity index (χ0v) is 20.2. The van der Waals surface area contributed by atoms with Crippen molar-refractivity contribution in [3.63, 3.8) is 0 Å². The van der Waals surface area contributed by atoms with E-state index < -0.39 is 0 Å². The summed E-state index contributed by atoms with van der Waals surface area (Å²) in [4.78, 5) is 0. The van der Waals surface area contributed by atoms with Crippen LogP contribution in [0.2, 0.25) is 0 Å². The van der Waals surface area contributed by atoms with Gasteiger partial charge in [0.2, 0.25) is 4.77 Å². The molecule has 0 aliphatic rings. The van der Waals surface area contributed by atoms with Crippen molar-refractivity contribution >= 4 is 28.1 Å². The van der Waals surface area contributed by atoms with E-state index in [1.54, 1.807) is 22.9 Å². The molecule has 0 unspecified atom stereocenters. The smallest absolute Gasteiger partial charge is 0.214 e. The van der Waals surface area contributed by atoms with Gasteiger partial charge in [0.05, 0.1) is 17.6 Å². The first-order valence-corrected chi connectivity index (χ1v) is 11.5. The second-order valence-electron chi connectivity index (χ2n) is 7.11. The van der Waals surface area contributed by atoms with E-state index in [1.807, 2.05) is 49.4 Å². The van der Waals surface area contributed by atoms with Crippen LogP contribution in [0.25, 0.3) is 11.4 Å². The summed E-state index contributed by atoms with van der Waals surface area (Å²) in [6.45, 7) is 2.91. The van der Waals surface area contributed by atoms with E-state index in [0.717, 1.165) is 11.1 Å². The number of nitrogens with zero attached hydrogens (tertiary/aromatic N) is 2. The number of aromatic nitrogens is 3. The molecule has 0 aliphatic carbocycles. The molecule has 0 saturated heterocycles. The maximum atomic E-state index is 14.0. The molecule has 9 heteroatoms. The van der Waals surface area contributed by atoms with Crippen LogP contribution in [0.15, 0.2) is 71.2 Å². The Balaban J connectivity index is 1.54. The molecular weight excluding hydrogens is 507 g/mol. The van der Waals surface area contributed by atoms with Gasteiger partial charge in [-0.2, -0.15) is 5.10 Å². The number of nitrogens with one attached hydrogen (secondary N) is 2. The third kappa shape index (κ3) is 5.43. The third-order valence-electron chi connectivity index (χ3n) is 4.84. The van der Waals surface area contributed by atoms with Crippen LogP contribution >= 0.6 is 28.1 Å². The van der Waals surface area contributed by atoms with Crippen molar-refractivity contribution in [1.29, 1.82) is 0 Å². The number of hydrogen-bond donors (Lipinski definition) is 2. The number of hydrogen-bond acceptors (Lipinski definition) is 5. The Kier molecular flexibility index (Phi) is 7.41. The lowest BCUT2D eigenvalue weighted by atomic mass is 10.2. The molecule has 0 atom stereocenters. The lowest BCUT2D eigenvalue weighted by Crippen LogP contribution is -2.16. The Morgan fingerprint density at radius 3 is 2.61 bits per heavy atom. The van der Waals surface area contributed by atoms with Crippen LogP contribution in [-0.4, -0.2) is 21.5 Å². The molecule has 1 heterocycles. The number of ether oxygens (including phenoxy) is 2. The summed E-state index contributed by atoms with van der Waals surface area (Å²) in [7, 11) is 0. The maximum absolute atomic E-state index is 14.0. The van der Waals surface area contributed by atoms with Crippen molar-refractivity contribution in [2.45, 2.75) is 20.1 Å². The Bertz CT molecular complexity index is 1290. The van der Waals surface area contributed by atoms with Gasteiger partial charge in [0.15, 0.2) is 17.3 Å². The monoisotopic (exact) mass is 528 g/mol. The number of halogens is 2. The van der Waals surface area contributed by atoms with Crippen LogP contribution in [0.3, 0.4) is 0 Å². The first-order chi connectivity index (χ1) is 16.1. The van der Waals surface area contributed by atoms with Gasteiger partial charge < -0.3 is 14.9 Å². The van der Waals surface area contributed by atoms with Gasteiger partial charge >= 0.3 is 0 Å². The van der Waals surface area contributed by atoms with Crippen LogP contribution in [0, 0.1) is 10.6 Å². The molecule has 0 fully saturated rings. The highest BCUT2D eigenvalue weighted by atomic mass is 79.9. The van der Waals surface area contributed by atoms with E-state index in [2.05, 4.69) is 31.6 Å². The van der Waals surface area contributed by atoms with Crippen molar-refractivity contribution in [3.8, 4) is 22.9 Å². The first-order valence-electron chi connectivity index (χ1n) is 10.3. The second kappa shape index (κ2) is 10.6. The zero-order chi connectivity index (χ0) is 23.2. The van der Waals surface area contributed by atoms with Crippen LogP contribution in [-0.2, 0) is 13.2 Å². The highest BCUT2D eigenvalue weighted by Crippen LogP contribution is 2.37. The molecule has 33 heavy (non-hydrogen) atoms. The molecule has 0 amide bonds. The van der Waals surface area contributed by atoms with E-state index in [-0.39, 0.29) is 12.4 Å². The predicted octanol–water partition coefficient (Wildman–Crippen LogP) is 6.23. The van der Waals surface area contributed by atoms with Gasteiger partial charge in [-0.3, -0.25) is 0 Å². The minimum Gasteiger partial charge on any atom is -0.490 e. The Morgan fingerprint density at radius 2 is 1.85 bits per heavy atom. The summed E-state index contributed by atoms with van der Waals surface area (Å²) in [5, 5.41) is 7.17. The highest BCUT2D eigenvalue weighted by Gasteiger charge is 2.15. The van der Waals surface area contributed by atoms with Gasteiger partial charge in [-0.05, 0) is 58.8 Å². The number of rotatable bonds is 9. The molecule has 3 aromatic carbocycles. The van der Waals surface area contributed by atoms with Gasteiger partial charge in [-0.1, -0.05) is 48.5 Å². The van der Waals surface area contributed by atoms with Crippen molar-refractivity contribution in [3.05, 3.63) is 92.9 Å². The quantitative estimate of drug-likeness (QED) is 0.252. The standard InChI is InChI=1S/C24H22BrFN4O2S/c1-2-31-21-13-16(12-19(25)22(21)32-15-18-10-6-7-11-20(18)26)14-27-30-23(28-29-24(30)33)17-8-4-3-5-9-17/h3-13,27H,2,14-15H2,1H3,(H,29,33). The van der Waals surface area contributed by atoms with Crippen molar-refractivity contribution in [2.75, 3.05) is 12.0 Å². The van der Waals surface area contributed by atoms with Crippen molar-refractivity contribution < 1.29 is 13.9 Å². The highest BCUT2D eigenvalue weighted by molar-refractivity contribution is 9.10. The van der Waals surface area contributed by atoms with E-state index in [9.17, 15) is 4.39 Å². The minimum atomic E-state index is -0.307. The van der Waals surface area contributed by atoms with E-state index in [0.29, 0.717) is 45.3 Å². The predicted molar refractivity (Wildman–Crippen MR) is 132 cm³/mol. The number of aromatic amines is 1. The maximum Gasteiger partial charge on any atom is 0.214 e. The van der Waals surface area contributed by atoms with Crippen LogP contribution in [0.5, 0.6) is 11.5 Å². The van der Waals surface area contributed by atoms with E-state index in [1.165, 1.54) is 6.07 Å². The third-order valence-corrected chi connectivity index (χ3v) is 5.71. The topological polar surface area (TPSA) is 64.1 Å². The largest absolute Gasteiger partial charge is 0.490 e. The second-order valence-corrected chi connectivity index (χ2v) is 8.35. The number of benzene rings is 3. The molecule has 170 valence electrons. The molecule has 0 spiro atoms. The molecular formula is C24H22BrFN4O2S. The lowest BCUT2D eigenvalue weighted by molar-refractivity contribution is 0.264. The van der Waals surface area contributed by atoms with Gasteiger partial charge in [-0.15, -0.1) is 0 Å². The van der Waals surface area contributed by atoms with Gasteiger partial charge in [0.25, 0.3) is 0 Å². The van der Waals surface area contributed by atoms with Crippen molar-refractivity contribution in [2.24, 2.45) is 0 Å².